The summed E-state index contributed by atoms with van der Waals surface area (Å²) in [5.41, 5.74) is -1.09. The summed E-state index contributed by atoms with van der Waals surface area (Å²) in [4.78, 5) is 28.2. The number of piperidine rings is 1. The lowest BCUT2D eigenvalue weighted by molar-refractivity contribution is -0.169. The number of piperazine rings is 1. The van der Waals surface area contributed by atoms with Gasteiger partial charge in [-0.15, -0.1) is 0 Å². The summed E-state index contributed by atoms with van der Waals surface area (Å²) >= 11 is 0. The quantitative estimate of drug-likeness (QED) is 0.756. The number of hydrogen-bond acceptors (Lipinski definition) is 3. The number of aliphatic carboxylic acids is 1. The molecule has 0 radical (unpaired) electrons. The van der Waals surface area contributed by atoms with E-state index in [-0.39, 0.29) is 5.91 Å². The van der Waals surface area contributed by atoms with Crippen LogP contribution >= 0.6 is 0 Å². The van der Waals surface area contributed by atoms with E-state index in [2.05, 4.69) is 4.90 Å². The van der Waals surface area contributed by atoms with Gasteiger partial charge in [0.1, 0.15) is 5.41 Å². The molecule has 1 atom stereocenters. The van der Waals surface area contributed by atoms with Crippen molar-refractivity contribution in [3.05, 3.63) is 0 Å². The molecule has 0 spiro atoms. The van der Waals surface area contributed by atoms with Gasteiger partial charge in [0.15, 0.2) is 0 Å². The van der Waals surface area contributed by atoms with Crippen molar-refractivity contribution in [2.45, 2.75) is 44.6 Å². The Balaban J connectivity index is 1.69. The van der Waals surface area contributed by atoms with Crippen molar-refractivity contribution >= 4 is 11.9 Å². The average Bonchev–Trinajstić information content (AvgIpc) is 2.36. The molecule has 2 saturated heterocycles. The second kappa shape index (κ2) is 4.78. The highest BCUT2D eigenvalue weighted by atomic mass is 16.4. The first-order valence-electron chi connectivity index (χ1n) is 7.40. The molecule has 1 aliphatic carbocycles. The van der Waals surface area contributed by atoms with Crippen LogP contribution in [0.2, 0.25) is 0 Å². The summed E-state index contributed by atoms with van der Waals surface area (Å²) in [5.74, 6) is -1.05. The van der Waals surface area contributed by atoms with Crippen LogP contribution in [0.4, 0.5) is 0 Å². The molecule has 2 aliphatic heterocycles. The number of carbonyl (C=O) groups excluding carboxylic acids is 1. The van der Waals surface area contributed by atoms with Crippen LogP contribution in [0.15, 0.2) is 0 Å². The minimum absolute atomic E-state index is 0.128. The van der Waals surface area contributed by atoms with Gasteiger partial charge >= 0.3 is 5.97 Å². The molecule has 106 valence electrons. The van der Waals surface area contributed by atoms with Crippen molar-refractivity contribution in [1.82, 2.24) is 9.80 Å². The fourth-order valence-electron chi connectivity index (χ4n) is 3.69. The van der Waals surface area contributed by atoms with Crippen LogP contribution in [0.3, 0.4) is 0 Å². The molecule has 3 fully saturated rings. The van der Waals surface area contributed by atoms with Crippen molar-refractivity contribution in [1.29, 1.82) is 0 Å². The second-order valence-electron chi connectivity index (χ2n) is 6.18. The van der Waals surface area contributed by atoms with Gasteiger partial charge in [-0.2, -0.15) is 0 Å². The molecular formula is C14H22N2O3. The lowest BCUT2D eigenvalue weighted by atomic mass is 9.67. The highest BCUT2D eigenvalue weighted by molar-refractivity contribution is 6.02. The van der Waals surface area contributed by atoms with Crippen molar-refractivity contribution in [3.8, 4) is 0 Å². The molecule has 1 unspecified atom stereocenters. The molecule has 5 heteroatoms. The lowest BCUT2D eigenvalue weighted by Crippen LogP contribution is -2.61. The van der Waals surface area contributed by atoms with E-state index in [4.69, 9.17) is 0 Å². The van der Waals surface area contributed by atoms with Crippen molar-refractivity contribution in [2.75, 3.05) is 26.2 Å². The number of fused-ring (bicyclic) bond motifs is 1. The van der Waals surface area contributed by atoms with Crippen LogP contribution in [0, 0.1) is 5.41 Å². The van der Waals surface area contributed by atoms with Crippen LogP contribution in [0.5, 0.6) is 0 Å². The molecule has 3 rings (SSSR count). The number of carbonyl (C=O) groups is 2. The summed E-state index contributed by atoms with van der Waals surface area (Å²) in [7, 11) is 0. The zero-order chi connectivity index (χ0) is 13.5. The van der Waals surface area contributed by atoms with E-state index >= 15 is 0 Å². The molecule has 0 aromatic rings. The molecule has 0 aromatic heterocycles. The second-order valence-corrected chi connectivity index (χ2v) is 6.18. The van der Waals surface area contributed by atoms with E-state index in [1.807, 2.05) is 4.90 Å². The van der Waals surface area contributed by atoms with E-state index in [1.165, 1.54) is 12.8 Å². The predicted molar refractivity (Wildman–Crippen MR) is 69.7 cm³/mol. The number of amides is 1. The summed E-state index contributed by atoms with van der Waals surface area (Å²) in [5, 5.41) is 9.36. The molecule has 3 aliphatic rings. The maximum Gasteiger partial charge on any atom is 0.319 e. The average molecular weight is 266 g/mol. The van der Waals surface area contributed by atoms with Gasteiger partial charge in [0.05, 0.1) is 0 Å². The Bertz CT molecular complexity index is 392. The normalized spacial score (nSPS) is 30.3. The van der Waals surface area contributed by atoms with E-state index in [0.29, 0.717) is 25.4 Å². The third kappa shape index (κ3) is 2.04. The molecule has 1 N–H and O–H groups in total. The Morgan fingerprint density at radius 2 is 1.84 bits per heavy atom. The summed E-state index contributed by atoms with van der Waals surface area (Å²) in [6.07, 6.45) is 5.53. The van der Waals surface area contributed by atoms with E-state index in [0.717, 1.165) is 32.5 Å². The standard InChI is InChI=1S/C14H22N2O3/c17-12(14(13(18)19)5-3-6-14)16-9-8-15-7-2-1-4-11(15)10-16/h11H,1-10H2,(H,18,19). The van der Waals surface area contributed by atoms with Gasteiger partial charge in [0.25, 0.3) is 0 Å². The highest BCUT2D eigenvalue weighted by Gasteiger charge is 2.53. The maximum atomic E-state index is 12.5. The lowest BCUT2D eigenvalue weighted by Gasteiger charge is -2.47. The van der Waals surface area contributed by atoms with Crippen LogP contribution in [0.25, 0.3) is 0 Å². The summed E-state index contributed by atoms with van der Waals surface area (Å²) in [6, 6.07) is 0.456. The minimum atomic E-state index is -1.09. The fourth-order valence-corrected chi connectivity index (χ4v) is 3.69. The van der Waals surface area contributed by atoms with Gasteiger partial charge in [-0.1, -0.05) is 12.8 Å². The molecule has 19 heavy (non-hydrogen) atoms. The zero-order valence-electron chi connectivity index (χ0n) is 11.3. The zero-order valence-corrected chi connectivity index (χ0v) is 11.3. The Kier molecular flexibility index (Phi) is 3.25. The first-order valence-corrected chi connectivity index (χ1v) is 7.40. The minimum Gasteiger partial charge on any atom is -0.480 e. The molecule has 5 nitrogen and oxygen atoms in total. The number of rotatable bonds is 2. The number of nitrogens with zero attached hydrogens (tertiary/aromatic N) is 2. The monoisotopic (exact) mass is 266 g/mol. The van der Waals surface area contributed by atoms with Crippen molar-refractivity contribution < 1.29 is 14.7 Å². The topological polar surface area (TPSA) is 60.9 Å². The first kappa shape index (κ1) is 12.9. The van der Waals surface area contributed by atoms with Crippen LogP contribution in [-0.2, 0) is 9.59 Å². The van der Waals surface area contributed by atoms with Gasteiger partial charge in [-0.05, 0) is 32.2 Å². The number of carboxylic acid groups (broad SMARTS) is 1. The van der Waals surface area contributed by atoms with Crippen molar-refractivity contribution in [3.63, 3.8) is 0 Å². The van der Waals surface area contributed by atoms with Gasteiger partial charge < -0.3 is 10.0 Å². The Hall–Kier alpha value is -1.10. The molecule has 1 saturated carbocycles. The molecule has 0 bridgehead atoms. The predicted octanol–water partition coefficient (Wildman–Crippen LogP) is 0.938. The van der Waals surface area contributed by atoms with E-state index in [9.17, 15) is 14.7 Å². The Labute approximate surface area is 113 Å². The van der Waals surface area contributed by atoms with E-state index in [1.54, 1.807) is 0 Å². The number of hydrogen-bond donors (Lipinski definition) is 1. The van der Waals surface area contributed by atoms with Crippen molar-refractivity contribution in [2.24, 2.45) is 5.41 Å². The SMILES string of the molecule is O=C(O)C1(C(=O)N2CCN3CCCCC3C2)CCC1. The molecule has 1 amide bonds. The first-order chi connectivity index (χ1) is 9.13. The van der Waals surface area contributed by atoms with Crippen LogP contribution < -0.4 is 0 Å². The van der Waals surface area contributed by atoms with E-state index < -0.39 is 11.4 Å². The van der Waals surface area contributed by atoms with Gasteiger partial charge in [0.2, 0.25) is 5.91 Å². The molecular weight excluding hydrogens is 244 g/mol. The third-order valence-corrected chi connectivity index (χ3v) is 5.15. The van der Waals surface area contributed by atoms with Gasteiger partial charge in [-0.25, -0.2) is 0 Å². The van der Waals surface area contributed by atoms with Crippen LogP contribution in [-0.4, -0.2) is 59.0 Å². The molecule has 0 aromatic carbocycles. The largest absolute Gasteiger partial charge is 0.480 e. The van der Waals surface area contributed by atoms with Crippen LogP contribution in [0.1, 0.15) is 38.5 Å². The van der Waals surface area contributed by atoms with Gasteiger partial charge in [-0.3, -0.25) is 14.5 Å². The summed E-state index contributed by atoms with van der Waals surface area (Å²) < 4.78 is 0. The van der Waals surface area contributed by atoms with Gasteiger partial charge in [0, 0.05) is 25.7 Å². The maximum absolute atomic E-state index is 12.5. The molecule has 2 heterocycles. The fraction of sp³-hybridized carbons (Fsp3) is 0.857. The Morgan fingerprint density at radius 3 is 2.47 bits per heavy atom. The summed E-state index contributed by atoms with van der Waals surface area (Å²) in [6.45, 7) is 3.47. The third-order valence-electron chi connectivity index (χ3n) is 5.15. The highest BCUT2D eigenvalue weighted by Crippen LogP contribution is 2.43. The Morgan fingerprint density at radius 1 is 1.05 bits per heavy atom. The number of carboxylic acids is 1. The smallest absolute Gasteiger partial charge is 0.319 e.